The number of hydrogen-bond acceptors (Lipinski definition) is 5. The van der Waals surface area contributed by atoms with E-state index in [1.54, 1.807) is 17.4 Å². The summed E-state index contributed by atoms with van der Waals surface area (Å²) in [5.74, 6) is 0.880. The van der Waals surface area contributed by atoms with Gasteiger partial charge < -0.3 is 14.9 Å². The van der Waals surface area contributed by atoms with Crippen molar-refractivity contribution < 1.29 is 14.4 Å². The summed E-state index contributed by atoms with van der Waals surface area (Å²) in [5, 5.41) is 19.8. The van der Waals surface area contributed by atoms with Crippen LogP contribution in [0.15, 0.2) is 40.2 Å². The smallest absolute Gasteiger partial charge is 0.273 e. The maximum Gasteiger partial charge on any atom is 0.273 e. The average molecular weight is 328 g/mol. The van der Waals surface area contributed by atoms with E-state index in [4.69, 9.17) is 4.52 Å². The first-order valence-corrected chi connectivity index (χ1v) is 8.49. The third-order valence-corrected chi connectivity index (χ3v) is 5.05. The molecule has 0 unspecified atom stereocenters. The summed E-state index contributed by atoms with van der Waals surface area (Å²) in [6.07, 6.45) is 1.45. The van der Waals surface area contributed by atoms with Gasteiger partial charge in [0.1, 0.15) is 5.76 Å². The van der Waals surface area contributed by atoms with Crippen molar-refractivity contribution in [3.8, 4) is 0 Å². The number of hydrogen-bond donors (Lipinski definition) is 2. The van der Waals surface area contributed by atoms with Crippen LogP contribution in [0.2, 0.25) is 0 Å². The Morgan fingerprint density at radius 3 is 3.09 bits per heavy atom. The van der Waals surface area contributed by atoms with Crippen LogP contribution in [0.25, 0.3) is 10.1 Å². The van der Waals surface area contributed by atoms with E-state index in [0.717, 1.165) is 34.3 Å². The fourth-order valence-electron chi connectivity index (χ4n) is 2.60. The lowest BCUT2D eigenvalue weighted by molar-refractivity contribution is 0.0908. The first-order chi connectivity index (χ1) is 11.2. The number of carbonyl (C=O) groups is 1. The van der Waals surface area contributed by atoms with Crippen LogP contribution in [0, 0.1) is 0 Å². The van der Waals surface area contributed by atoms with Gasteiger partial charge in [-0.15, -0.1) is 11.3 Å². The number of thiophene rings is 1. The fourth-order valence-corrected chi connectivity index (χ4v) is 3.61. The number of fused-ring (bicyclic) bond motifs is 1. The van der Waals surface area contributed by atoms with Gasteiger partial charge in [0, 0.05) is 28.8 Å². The number of rotatable bonds is 5. The quantitative estimate of drug-likeness (QED) is 0.754. The third kappa shape index (κ3) is 2.87. The molecule has 1 atom stereocenters. The number of nitrogens with zero attached hydrogens (tertiary/aromatic N) is 1. The van der Waals surface area contributed by atoms with Crippen LogP contribution < -0.4 is 5.32 Å². The minimum absolute atomic E-state index is 0.144. The molecule has 0 saturated heterocycles. The van der Waals surface area contributed by atoms with Gasteiger partial charge >= 0.3 is 0 Å². The van der Waals surface area contributed by atoms with Gasteiger partial charge in [0.25, 0.3) is 5.91 Å². The van der Waals surface area contributed by atoms with Gasteiger partial charge in [-0.25, -0.2) is 0 Å². The molecule has 0 radical (unpaired) electrons. The highest BCUT2D eigenvalue weighted by Crippen LogP contribution is 2.40. The summed E-state index contributed by atoms with van der Waals surface area (Å²) in [5.41, 5.74) is 1.11. The Morgan fingerprint density at radius 2 is 2.26 bits per heavy atom. The molecule has 1 fully saturated rings. The van der Waals surface area contributed by atoms with Crippen molar-refractivity contribution in [3.05, 3.63) is 52.7 Å². The molecular formula is C17H16N2O3S. The lowest BCUT2D eigenvalue weighted by Crippen LogP contribution is -2.28. The second-order valence-corrected chi connectivity index (χ2v) is 6.71. The Morgan fingerprint density at radius 1 is 1.43 bits per heavy atom. The zero-order valence-electron chi connectivity index (χ0n) is 12.4. The van der Waals surface area contributed by atoms with Crippen LogP contribution in [0.4, 0.5) is 0 Å². The third-order valence-electron chi connectivity index (χ3n) is 4.07. The molecule has 118 valence electrons. The summed E-state index contributed by atoms with van der Waals surface area (Å²) in [4.78, 5) is 12.1. The monoisotopic (exact) mass is 328 g/mol. The standard InChI is InChI=1S/C17H16N2O3S/c20-14(12-9-23-16-4-2-1-3-11(12)16)8-18-17(21)13-7-15(22-19-13)10-5-6-10/h1-4,7,9-10,14,20H,5-6,8H2,(H,18,21)/t14-/m1/s1. The fraction of sp³-hybridized carbons (Fsp3) is 0.294. The van der Waals surface area contributed by atoms with Crippen LogP contribution >= 0.6 is 11.3 Å². The highest BCUT2D eigenvalue weighted by atomic mass is 32.1. The summed E-state index contributed by atoms with van der Waals surface area (Å²) in [6, 6.07) is 9.60. The predicted octanol–water partition coefficient (Wildman–Crippen LogP) is 3.23. The average Bonchev–Trinajstić information content (AvgIpc) is 3.14. The first-order valence-electron chi connectivity index (χ1n) is 7.61. The largest absolute Gasteiger partial charge is 0.387 e. The molecule has 1 aliphatic rings. The van der Waals surface area contributed by atoms with Gasteiger partial charge in [-0.3, -0.25) is 4.79 Å². The van der Waals surface area contributed by atoms with E-state index in [1.807, 2.05) is 29.6 Å². The summed E-state index contributed by atoms with van der Waals surface area (Å²) in [7, 11) is 0. The molecule has 2 aromatic heterocycles. The molecule has 0 spiro atoms. The van der Waals surface area contributed by atoms with E-state index in [2.05, 4.69) is 10.5 Å². The van der Waals surface area contributed by atoms with Crippen molar-refractivity contribution in [2.24, 2.45) is 0 Å². The van der Waals surface area contributed by atoms with Gasteiger partial charge in [-0.2, -0.15) is 0 Å². The molecule has 4 rings (SSSR count). The molecule has 1 saturated carbocycles. The summed E-state index contributed by atoms with van der Waals surface area (Å²) < 4.78 is 6.30. The van der Waals surface area contributed by atoms with Crippen molar-refractivity contribution in [3.63, 3.8) is 0 Å². The second-order valence-electron chi connectivity index (χ2n) is 5.80. The number of amides is 1. The predicted molar refractivity (Wildman–Crippen MR) is 87.6 cm³/mol. The van der Waals surface area contributed by atoms with Gasteiger partial charge in [-0.05, 0) is 29.7 Å². The van der Waals surface area contributed by atoms with Crippen LogP contribution in [-0.4, -0.2) is 22.7 Å². The number of aromatic nitrogens is 1. The molecule has 1 aromatic carbocycles. The Kier molecular flexibility index (Phi) is 3.63. The minimum Gasteiger partial charge on any atom is -0.387 e. The number of carbonyl (C=O) groups excluding carboxylic acids is 1. The van der Waals surface area contributed by atoms with Gasteiger partial charge in [0.15, 0.2) is 5.69 Å². The van der Waals surface area contributed by atoms with Crippen LogP contribution in [0.1, 0.15) is 46.7 Å². The highest BCUT2D eigenvalue weighted by Gasteiger charge is 2.29. The second kappa shape index (κ2) is 5.79. The van der Waals surface area contributed by atoms with E-state index >= 15 is 0 Å². The Bertz CT molecular complexity index is 850. The maximum atomic E-state index is 12.1. The highest BCUT2D eigenvalue weighted by molar-refractivity contribution is 7.17. The van der Waals surface area contributed by atoms with E-state index in [0.29, 0.717) is 5.92 Å². The molecule has 2 heterocycles. The topological polar surface area (TPSA) is 75.4 Å². The molecule has 5 nitrogen and oxygen atoms in total. The van der Waals surface area contributed by atoms with Crippen LogP contribution in [0.5, 0.6) is 0 Å². The molecule has 0 bridgehead atoms. The van der Waals surface area contributed by atoms with Crippen molar-refractivity contribution in [1.29, 1.82) is 0 Å². The number of benzene rings is 1. The maximum absolute atomic E-state index is 12.1. The summed E-state index contributed by atoms with van der Waals surface area (Å²) in [6.45, 7) is 0.144. The molecule has 1 aliphatic carbocycles. The van der Waals surface area contributed by atoms with Gasteiger partial charge in [0.2, 0.25) is 0 Å². The van der Waals surface area contributed by atoms with Crippen molar-refractivity contribution in [2.45, 2.75) is 24.9 Å². The number of aliphatic hydroxyl groups is 1. The number of aliphatic hydroxyl groups excluding tert-OH is 1. The van der Waals surface area contributed by atoms with Crippen LogP contribution in [-0.2, 0) is 0 Å². The first kappa shape index (κ1) is 14.4. The van der Waals surface area contributed by atoms with Crippen molar-refractivity contribution >= 4 is 27.3 Å². The molecule has 2 N–H and O–H groups in total. The molecule has 1 amide bonds. The van der Waals surface area contributed by atoms with Crippen molar-refractivity contribution in [1.82, 2.24) is 10.5 Å². The zero-order chi connectivity index (χ0) is 15.8. The normalized spacial score (nSPS) is 15.7. The number of nitrogens with one attached hydrogen (secondary N) is 1. The van der Waals surface area contributed by atoms with E-state index in [1.165, 1.54) is 0 Å². The molecule has 6 heteroatoms. The van der Waals surface area contributed by atoms with E-state index in [9.17, 15) is 9.90 Å². The lowest BCUT2D eigenvalue weighted by atomic mass is 10.1. The van der Waals surface area contributed by atoms with Gasteiger partial charge in [-0.1, -0.05) is 23.4 Å². The lowest BCUT2D eigenvalue weighted by Gasteiger charge is -2.10. The molecule has 23 heavy (non-hydrogen) atoms. The minimum atomic E-state index is -0.745. The SMILES string of the molecule is O=C(NC[C@@H](O)c1csc2ccccc12)c1cc(C2CC2)on1. The van der Waals surface area contributed by atoms with Crippen molar-refractivity contribution in [2.75, 3.05) is 6.54 Å². The Labute approximate surface area is 136 Å². The molecule has 3 aromatic rings. The Balaban J connectivity index is 1.42. The molecule has 0 aliphatic heterocycles. The van der Waals surface area contributed by atoms with Gasteiger partial charge in [0.05, 0.1) is 6.10 Å². The van der Waals surface area contributed by atoms with E-state index < -0.39 is 6.10 Å². The van der Waals surface area contributed by atoms with Crippen LogP contribution in [0.3, 0.4) is 0 Å². The molecular weight excluding hydrogens is 312 g/mol. The zero-order valence-corrected chi connectivity index (χ0v) is 13.2. The Hall–Kier alpha value is -2.18. The van der Waals surface area contributed by atoms with E-state index in [-0.39, 0.29) is 18.1 Å². The summed E-state index contributed by atoms with van der Waals surface area (Å²) >= 11 is 1.59.